The highest BCUT2D eigenvalue weighted by atomic mass is 16.2. The Kier molecular flexibility index (Phi) is 3.45. The highest BCUT2D eigenvalue weighted by Crippen LogP contribution is 2.14. The summed E-state index contributed by atoms with van der Waals surface area (Å²) in [6.07, 6.45) is 1.50. The number of aromatic nitrogens is 3. The van der Waals surface area contributed by atoms with Gasteiger partial charge in [-0.2, -0.15) is 9.61 Å². The van der Waals surface area contributed by atoms with Gasteiger partial charge in [0, 0.05) is 6.54 Å². The molecule has 0 radical (unpaired) electrons. The first-order valence-electron chi connectivity index (χ1n) is 5.96. The molecule has 2 heterocycles. The van der Waals surface area contributed by atoms with Gasteiger partial charge in [-0.1, -0.05) is 0 Å². The molecular weight excluding hydrogens is 230 g/mol. The molecule has 1 unspecified atom stereocenters. The first kappa shape index (κ1) is 12.3. The number of pyridine rings is 1. The zero-order valence-corrected chi connectivity index (χ0v) is 10.8. The predicted octanol–water partition coefficient (Wildman–Crippen LogP) is 0.974. The van der Waals surface area contributed by atoms with Crippen molar-refractivity contribution >= 4 is 17.4 Å². The molecule has 18 heavy (non-hydrogen) atoms. The number of carbonyl (C=O) groups is 1. The standard InChI is InChI=1S/C12H17N5O/c1-4-13-12(18)9(3)16-11-6-8(2)5-10-14-7-15-17(10)11/h5-7,9,16H,4H2,1-3H3,(H,13,18). The van der Waals surface area contributed by atoms with Gasteiger partial charge in [-0.25, -0.2) is 4.98 Å². The summed E-state index contributed by atoms with van der Waals surface area (Å²) in [6, 6.07) is 3.56. The zero-order valence-electron chi connectivity index (χ0n) is 10.8. The zero-order chi connectivity index (χ0) is 13.1. The van der Waals surface area contributed by atoms with Crippen LogP contribution in [0.4, 0.5) is 5.82 Å². The Balaban J connectivity index is 2.25. The third-order valence-corrected chi connectivity index (χ3v) is 2.63. The summed E-state index contributed by atoms with van der Waals surface area (Å²) in [7, 11) is 0. The SMILES string of the molecule is CCNC(=O)C(C)Nc1cc(C)cc2ncnn12. The molecule has 0 fully saturated rings. The summed E-state index contributed by atoms with van der Waals surface area (Å²) in [5.41, 5.74) is 1.83. The van der Waals surface area contributed by atoms with E-state index in [9.17, 15) is 4.79 Å². The van der Waals surface area contributed by atoms with Crippen molar-refractivity contribution in [2.75, 3.05) is 11.9 Å². The Hall–Kier alpha value is -2.11. The largest absolute Gasteiger partial charge is 0.359 e. The summed E-state index contributed by atoms with van der Waals surface area (Å²) in [5, 5.41) is 10.0. The molecule has 0 aliphatic carbocycles. The van der Waals surface area contributed by atoms with E-state index in [1.165, 1.54) is 6.33 Å². The van der Waals surface area contributed by atoms with Gasteiger partial charge in [0.25, 0.3) is 0 Å². The van der Waals surface area contributed by atoms with Crippen molar-refractivity contribution in [1.29, 1.82) is 0 Å². The van der Waals surface area contributed by atoms with Gasteiger partial charge in [-0.05, 0) is 38.5 Å². The number of nitrogens with one attached hydrogen (secondary N) is 2. The topological polar surface area (TPSA) is 71.3 Å². The number of aryl methyl sites for hydroxylation is 1. The molecule has 96 valence electrons. The second kappa shape index (κ2) is 5.03. The van der Waals surface area contributed by atoms with Crippen LogP contribution < -0.4 is 10.6 Å². The van der Waals surface area contributed by atoms with Gasteiger partial charge in [0.05, 0.1) is 0 Å². The molecule has 0 saturated carbocycles. The lowest BCUT2D eigenvalue weighted by Gasteiger charge is -2.15. The van der Waals surface area contributed by atoms with Gasteiger partial charge in [0.2, 0.25) is 5.91 Å². The van der Waals surface area contributed by atoms with Crippen molar-refractivity contribution in [3.8, 4) is 0 Å². The van der Waals surface area contributed by atoms with Gasteiger partial charge < -0.3 is 10.6 Å². The number of carbonyl (C=O) groups excluding carboxylic acids is 1. The van der Waals surface area contributed by atoms with E-state index in [1.807, 2.05) is 32.9 Å². The van der Waals surface area contributed by atoms with Crippen LogP contribution >= 0.6 is 0 Å². The van der Waals surface area contributed by atoms with Crippen molar-refractivity contribution in [2.24, 2.45) is 0 Å². The van der Waals surface area contributed by atoms with Crippen molar-refractivity contribution in [3.05, 3.63) is 24.0 Å². The Morgan fingerprint density at radius 3 is 3.00 bits per heavy atom. The van der Waals surface area contributed by atoms with Crippen molar-refractivity contribution in [3.63, 3.8) is 0 Å². The lowest BCUT2D eigenvalue weighted by atomic mass is 10.2. The molecule has 6 nitrogen and oxygen atoms in total. The predicted molar refractivity (Wildman–Crippen MR) is 69.5 cm³/mol. The molecule has 0 bridgehead atoms. The number of hydrogen-bond donors (Lipinski definition) is 2. The average molecular weight is 247 g/mol. The third kappa shape index (κ3) is 2.42. The summed E-state index contributed by atoms with van der Waals surface area (Å²) in [4.78, 5) is 15.8. The smallest absolute Gasteiger partial charge is 0.242 e. The van der Waals surface area contributed by atoms with Gasteiger partial charge in [-0.3, -0.25) is 4.79 Å². The van der Waals surface area contributed by atoms with Crippen LogP contribution in [0.2, 0.25) is 0 Å². The van der Waals surface area contributed by atoms with Crippen LogP contribution in [0.15, 0.2) is 18.5 Å². The van der Waals surface area contributed by atoms with E-state index in [0.29, 0.717) is 6.54 Å². The van der Waals surface area contributed by atoms with Gasteiger partial charge in [0.15, 0.2) is 5.65 Å². The van der Waals surface area contributed by atoms with Crippen molar-refractivity contribution in [2.45, 2.75) is 26.8 Å². The van der Waals surface area contributed by atoms with Crippen LogP contribution in [0.1, 0.15) is 19.4 Å². The Morgan fingerprint density at radius 2 is 2.28 bits per heavy atom. The first-order valence-corrected chi connectivity index (χ1v) is 5.96. The van der Waals surface area contributed by atoms with Gasteiger partial charge in [0.1, 0.15) is 18.2 Å². The number of rotatable bonds is 4. The molecule has 2 aromatic rings. The van der Waals surface area contributed by atoms with Crippen molar-refractivity contribution in [1.82, 2.24) is 19.9 Å². The van der Waals surface area contributed by atoms with E-state index in [4.69, 9.17) is 0 Å². The number of hydrogen-bond acceptors (Lipinski definition) is 4. The molecule has 1 atom stereocenters. The lowest BCUT2D eigenvalue weighted by molar-refractivity contribution is -0.121. The van der Waals surface area contributed by atoms with E-state index in [-0.39, 0.29) is 11.9 Å². The molecule has 0 saturated heterocycles. The highest BCUT2D eigenvalue weighted by Gasteiger charge is 2.13. The average Bonchev–Trinajstić information content (AvgIpc) is 2.77. The third-order valence-electron chi connectivity index (χ3n) is 2.63. The fourth-order valence-electron chi connectivity index (χ4n) is 1.77. The number of nitrogens with zero attached hydrogens (tertiary/aromatic N) is 3. The number of fused-ring (bicyclic) bond motifs is 1. The van der Waals surface area contributed by atoms with Crippen LogP contribution in [0.25, 0.3) is 5.65 Å². The van der Waals surface area contributed by atoms with Gasteiger partial charge >= 0.3 is 0 Å². The molecule has 2 aromatic heterocycles. The second-order valence-corrected chi connectivity index (χ2v) is 4.21. The molecular formula is C12H17N5O. The maximum atomic E-state index is 11.7. The van der Waals surface area contributed by atoms with E-state index >= 15 is 0 Å². The van der Waals surface area contributed by atoms with Crippen LogP contribution in [0.5, 0.6) is 0 Å². The van der Waals surface area contributed by atoms with Crippen LogP contribution in [-0.4, -0.2) is 33.1 Å². The minimum absolute atomic E-state index is 0.0349. The summed E-state index contributed by atoms with van der Waals surface area (Å²) in [5.74, 6) is 0.730. The maximum absolute atomic E-state index is 11.7. The summed E-state index contributed by atoms with van der Waals surface area (Å²) >= 11 is 0. The number of likely N-dealkylation sites (N-methyl/N-ethyl adjacent to an activating group) is 1. The van der Waals surface area contributed by atoms with E-state index in [2.05, 4.69) is 20.7 Å². The molecule has 2 N–H and O–H groups in total. The number of amides is 1. The van der Waals surface area contributed by atoms with Crippen LogP contribution in [0, 0.1) is 6.92 Å². The van der Waals surface area contributed by atoms with Crippen LogP contribution in [-0.2, 0) is 4.79 Å². The quantitative estimate of drug-likeness (QED) is 0.844. The molecule has 1 amide bonds. The molecule has 0 spiro atoms. The molecule has 6 heteroatoms. The van der Waals surface area contributed by atoms with E-state index in [1.54, 1.807) is 4.52 Å². The van der Waals surface area contributed by atoms with E-state index < -0.39 is 0 Å². The summed E-state index contributed by atoms with van der Waals surface area (Å²) < 4.78 is 1.68. The monoisotopic (exact) mass is 247 g/mol. The van der Waals surface area contributed by atoms with E-state index in [0.717, 1.165) is 17.0 Å². The Labute approximate surface area is 105 Å². The first-order chi connectivity index (χ1) is 8.61. The number of anilines is 1. The molecule has 0 aromatic carbocycles. The fourth-order valence-corrected chi connectivity index (χ4v) is 1.77. The van der Waals surface area contributed by atoms with Gasteiger partial charge in [-0.15, -0.1) is 0 Å². The van der Waals surface area contributed by atoms with Crippen LogP contribution in [0.3, 0.4) is 0 Å². The van der Waals surface area contributed by atoms with Crippen molar-refractivity contribution < 1.29 is 4.79 Å². The minimum Gasteiger partial charge on any atom is -0.359 e. The molecule has 2 rings (SSSR count). The molecule has 0 aliphatic rings. The Morgan fingerprint density at radius 1 is 1.50 bits per heavy atom. The maximum Gasteiger partial charge on any atom is 0.242 e. The Bertz CT molecular complexity index is 563. The molecule has 0 aliphatic heterocycles. The highest BCUT2D eigenvalue weighted by molar-refractivity contribution is 5.83. The minimum atomic E-state index is -0.320. The lowest BCUT2D eigenvalue weighted by Crippen LogP contribution is -2.37. The summed E-state index contributed by atoms with van der Waals surface area (Å²) in [6.45, 7) is 6.32. The second-order valence-electron chi connectivity index (χ2n) is 4.21. The fraction of sp³-hybridized carbons (Fsp3) is 0.417. The normalized spacial score (nSPS) is 12.4.